The standard InChI is InChI=1S/C22H23N5OS2/c1-13(2)20-25-26-22(27(20)4)29-12-19(28)23-16-8-6-15(7-9-16)21-24-17-10-5-14(3)11-18(17)30-21/h5-11,13H,12H2,1-4H3,(H,23,28). The second-order valence-electron chi connectivity index (χ2n) is 7.46. The Hall–Kier alpha value is -2.71. The van der Waals surface area contributed by atoms with Crippen molar-refractivity contribution in [2.24, 2.45) is 7.05 Å². The van der Waals surface area contributed by atoms with Gasteiger partial charge in [0.25, 0.3) is 0 Å². The molecule has 0 unspecified atom stereocenters. The Labute approximate surface area is 183 Å². The van der Waals surface area contributed by atoms with Gasteiger partial charge in [0.2, 0.25) is 5.91 Å². The third-order valence-corrected chi connectivity index (χ3v) is 6.76. The fourth-order valence-electron chi connectivity index (χ4n) is 3.13. The van der Waals surface area contributed by atoms with Crippen molar-refractivity contribution >= 4 is 44.9 Å². The lowest BCUT2D eigenvalue weighted by molar-refractivity contribution is -0.113. The number of thiazole rings is 1. The average molecular weight is 438 g/mol. The van der Waals surface area contributed by atoms with Crippen LogP contribution < -0.4 is 5.32 Å². The van der Waals surface area contributed by atoms with Crippen molar-refractivity contribution in [1.29, 1.82) is 0 Å². The smallest absolute Gasteiger partial charge is 0.234 e. The van der Waals surface area contributed by atoms with Crippen molar-refractivity contribution in [2.45, 2.75) is 31.8 Å². The van der Waals surface area contributed by atoms with Gasteiger partial charge in [0.15, 0.2) is 5.16 Å². The Morgan fingerprint density at radius 1 is 1.17 bits per heavy atom. The maximum atomic E-state index is 12.3. The first kappa shape index (κ1) is 20.6. The number of hydrogen-bond acceptors (Lipinski definition) is 6. The quantitative estimate of drug-likeness (QED) is 0.417. The summed E-state index contributed by atoms with van der Waals surface area (Å²) in [6, 6.07) is 14.1. The summed E-state index contributed by atoms with van der Waals surface area (Å²) in [6.07, 6.45) is 0. The molecule has 0 saturated heterocycles. The number of carbonyl (C=O) groups is 1. The lowest BCUT2D eigenvalue weighted by atomic mass is 10.2. The molecule has 4 aromatic rings. The molecule has 2 aromatic heterocycles. The molecule has 0 atom stereocenters. The highest BCUT2D eigenvalue weighted by atomic mass is 32.2. The number of aromatic nitrogens is 4. The van der Waals surface area contributed by atoms with Crippen LogP contribution >= 0.6 is 23.1 Å². The lowest BCUT2D eigenvalue weighted by Gasteiger charge is -2.07. The Morgan fingerprint density at radius 3 is 2.63 bits per heavy atom. The van der Waals surface area contributed by atoms with Crippen LogP contribution in [-0.2, 0) is 11.8 Å². The number of nitrogens with zero attached hydrogens (tertiary/aromatic N) is 4. The predicted molar refractivity (Wildman–Crippen MR) is 124 cm³/mol. The molecule has 1 N–H and O–H groups in total. The SMILES string of the molecule is Cc1ccc2nc(-c3ccc(NC(=O)CSc4nnc(C(C)C)n4C)cc3)sc2c1. The van der Waals surface area contributed by atoms with Crippen LogP contribution in [0.1, 0.15) is 31.2 Å². The highest BCUT2D eigenvalue weighted by Crippen LogP contribution is 2.31. The van der Waals surface area contributed by atoms with Gasteiger partial charge in [-0.2, -0.15) is 0 Å². The number of benzene rings is 2. The highest BCUT2D eigenvalue weighted by molar-refractivity contribution is 7.99. The van der Waals surface area contributed by atoms with Crippen LogP contribution in [0.15, 0.2) is 47.6 Å². The van der Waals surface area contributed by atoms with Crippen molar-refractivity contribution < 1.29 is 4.79 Å². The summed E-state index contributed by atoms with van der Waals surface area (Å²) in [5.41, 5.74) is 4.05. The van der Waals surface area contributed by atoms with Crippen LogP contribution in [0.3, 0.4) is 0 Å². The highest BCUT2D eigenvalue weighted by Gasteiger charge is 2.14. The van der Waals surface area contributed by atoms with Crippen molar-refractivity contribution in [3.63, 3.8) is 0 Å². The summed E-state index contributed by atoms with van der Waals surface area (Å²) in [7, 11) is 1.93. The second kappa shape index (κ2) is 8.57. The molecule has 0 saturated carbocycles. The molecule has 4 rings (SSSR count). The van der Waals surface area contributed by atoms with E-state index in [-0.39, 0.29) is 11.7 Å². The van der Waals surface area contributed by atoms with Crippen LogP contribution in [0.5, 0.6) is 0 Å². The number of amides is 1. The maximum absolute atomic E-state index is 12.3. The number of hydrogen-bond donors (Lipinski definition) is 1. The van der Waals surface area contributed by atoms with Gasteiger partial charge in [-0.15, -0.1) is 21.5 Å². The number of fused-ring (bicyclic) bond motifs is 1. The Balaban J connectivity index is 1.38. The van der Waals surface area contributed by atoms with Gasteiger partial charge in [0.1, 0.15) is 10.8 Å². The average Bonchev–Trinajstić information content (AvgIpc) is 3.30. The van der Waals surface area contributed by atoms with Crippen LogP contribution in [-0.4, -0.2) is 31.4 Å². The second-order valence-corrected chi connectivity index (χ2v) is 9.43. The van der Waals surface area contributed by atoms with E-state index in [0.717, 1.165) is 32.8 Å². The molecular formula is C22H23N5OS2. The van der Waals surface area contributed by atoms with Crippen molar-refractivity contribution in [2.75, 3.05) is 11.1 Å². The summed E-state index contributed by atoms with van der Waals surface area (Å²) >= 11 is 3.06. The van der Waals surface area contributed by atoms with E-state index in [1.54, 1.807) is 11.3 Å². The van der Waals surface area contributed by atoms with E-state index in [4.69, 9.17) is 4.98 Å². The van der Waals surface area contributed by atoms with Crippen LogP contribution in [0.2, 0.25) is 0 Å². The number of carbonyl (C=O) groups excluding carboxylic acids is 1. The molecule has 154 valence electrons. The summed E-state index contributed by atoms with van der Waals surface area (Å²) in [5.74, 6) is 1.42. The third-order valence-electron chi connectivity index (χ3n) is 4.68. The van der Waals surface area contributed by atoms with Gasteiger partial charge in [-0.1, -0.05) is 31.7 Å². The fourth-order valence-corrected chi connectivity index (χ4v) is 4.92. The predicted octanol–water partition coefficient (Wildman–Crippen LogP) is 5.25. The first-order valence-electron chi connectivity index (χ1n) is 9.70. The minimum absolute atomic E-state index is 0.0719. The van der Waals surface area contributed by atoms with Crippen LogP contribution in [0, 0.1) is 6.92 Å². The molecule has 1 amide bonds. The third kappa shape index (κ3) is 4.39. The molecule has 0 radical (unpaired) electrons. The van der Waals surface area contributed by atoms with E-state index in [1.807, 2.05) is 35.9 Å². The number of aryl methyl sites for hydroxylation is 1. The zero-order valence-electron chi connectivity index (χ0n) is 17.3. The number of thioether (sulfide) groups is 1. The largest absolute Gasteiger partial charge is 0.325 e. The van der Waals surface area contributed by atoms with Crippen LogP contribution in [0.4, 0.5) is 5.69 Å². The van der Waals surface area contributed by atoms with Crippen molar-refractivity contribution in [1.82, 2.24) is 19.7 Å². The molecular weight excluding hydrogens is 414 g/mol. The molecule has 0 bridgehead atoms. The number of rotatable bonds is 6. The Morgan fingerprint density at radius 2 is 1.93 bits per heavy atom. The van der Waals surface area contributed by atoms with Gasteiger partial charge >= 0.3 is 0 Å². The van der Waals surface area contributed by atoms with E-state index < -0.39 is 0 Å². The number of anilines is 1. The molecule has 0 aliphatic carbocycles. The summed E-state index contributed by atoms with van der Waals surface area (Å²) in [4.78, 5) is 17.1. The molecule has 6 nitrogen and oxygen atoms in total. The van der Waals surface area contributed by atoms with E-state index in [1.165, 1.54) is 22.0 Å². The van der Waals surface area contributed by atoms with Crippen molar-refractivity contribution in [3.8, 4) is 10.6 Å². The van der Waals surface area contributed by atoms with Gasteiger partial charge in [-0.05, 0) is 48.9 Å². The topological polar surface area (TPSA) is 72.7 Å². The molecule has 2 aromatic carbocycles. The van der Waals surface area contributed by atoms with E-state index in [2.05, 4.69) is 54.5 Å². The minimum atomic E-state index is -0.0719. The van der Waals surface area contributed by atoms with Crippen LogP contribution in [0.25, 0.3) is 20.8 Å². The Kier molecular flexibility index (Phi) is 5.87. The van der Waals surface area contributed by atoms with E-state index in [9.17, 15) is 4.79 Å². The minimum Gasteiger partial charge on any atom is -0.325 e. The summed E-state index contributed by atoms with van der Waals surface area (Å²) in [6.45, 7) is 6.23. The maximum Gasteiger partial charge on any atom is 0.234 e. The molecule has 2 heterocycles. The van der Waals surface area contributed by atoms with E-state index in [0.29, 0.717) is 5.92 Å². The molecule has 0 fully saturated rings. The molecule has 8 heteroatoms. The van der Waals surface area contributed by atoms with Gasteiger partial charge in [0, 0.05) is 24.2 Å². The van der Waals surface area contributed by atoms with Gasteiger partial charge < -0.3 is 9.88 Å². The number of nitrogens with one attached hydrogen (secondary N) is 1. The molecule has 0 aliphatic heterocycles. The van der Waals surface area contributed by atoms with Gasteiger partial charge in [-0.3, -0.25) is 4.79 Å². The van der Waals surface area contributed by atoms with Crippen molar-refractivity contribution in [3.05, 3.63) is 53.9 Å². The lowest BCUT2D eigenvalue weighted by Crippen LogP contribution is -2.14. The van der Waals surface area contributed by atoms with E-state index >= 15 is 0 Å². The molecule has 30 heavy (non-hydrogen) atoms. The van der Waals surface area contributed by atoms with Gasteiger partial charge in [0.05, 0.1) is 16.0 Å². The molecule has 0 spiro atoms. The fraction of sp³-hybridized carbons (Fsp3) is 0.273. The Bertz CT molecular complexity index is 1190. The summed E-state index contributed by atoms with van der Waals surface area (Å²) in [5, 5.41) is 13.0. The summed E-state index contributed by atoms with van der Waals surface area (Å²) < 4.78 is 3.13. The normalized spacial score (nSPS) is 11.4. The zero-order chi connectivity index (χ0) is 21.3. The first-order valence-corrected chi connectivity index (χ1v) is 11.5. The van der Waals surface area contributed by atoms with Gasteiger partial charge in [-0.25, -0.2) is 4.98 Å². The monoisotopic (exact) mass is 437 g/mol. The zero-order valence-corrected chi connectivity index (χ0v) is 19.0. The first-order chi connectivity index (χ1) is 14.4. The molecule has 0 aliphatic rings.